The maximum Gasteiger partial charge on any atom is 0.433 e. The van der Waals surface area contributed by atoms with Gasteiger partial charge in [-0.1, -0.05) is 0 Å². The lowest BCUT2D eigenvalue weighted by molar-refractivity contribution is -0.141. The van der Waals surface area contributed by atoms with Crippen LogP contribution in [0.5, 0.6) is 0 Å². The summed E-state index contributed by atoms with van der Waals surface area (Å²) in [6, 6.07) is 4.26. The van der Waals surface area contributed by atoms with Crippen molar-refractivity contribution < 1.29 is 13.2 Å². The molecule has 0 amide bonds. The minimum absolute atomic E-state index is 0.0954. The van der Waals surface area contributed by atoms with Crippen LogP contribution in [-0.4, -0.2) is 24.6 Å². The highest BCUT2D eigenvalue weighted by Crippen LogP contribution is 2.27. The molecule has 0 spiro atoms. The molecular weight excluding hydrogens is 285 g/mol. The quantitative estimate of drug-likeness (QED) is 0.801. The first-order valence-corrected chi connectivity index (χ1v) is 5.96. The average Bonchev–Trinajstić information content (AvgIpc) is 2.93. The van der Waals surface area contributed by atoms with Gasteiger partial charge in [0, 0.05) is 18.5 Å². The Morgan fingerprint density at radius 3 is 2.67 bits per heavy atom. The van der Waals surface area contributed by atoms with Crippen molar-refractivity contribution in [3.8, 4) is 0 Å². The van der Waals surface area contributed by atoms with E-state index in [2.05, 4.69) is 25.4 Å². The highest BCUT2D eigenvalue weighted by molar-refractivity contribution is 5.37. The summed E-state index contributed by atoms with van der Waals surface area (Å²) in [7, 11) is 0. The van der Waals surface area contributed by atoms with Crippen molar-refractivity contribution in [2.24, 2.45) is 0 Å². The molecule has 0 fully saturated rings. The maximum atomic E-state index is 12.6. The van der Waals surface area contributed by atoms with Gasteiger partial charge in [0.15, 0.2) is 5.65 Å². The van der Waals surface area contributed by atoms with Crippen LogP contribution in [0.15, 0.2) is 36.8 Å². The molecule has 3 heterocycles. The summed E-state index contributed by atoms with van der Waals surface area (Å²) in [5.41, 5.74) is 0.393. The largest absolute Gasteiger partial charge is 0.433 e. The van der Waals surface area contributed by atoms with Gasteiger partial charge in [0.2, 0.25) is 5.95 Å². The number of rotatable bonds is 3. The van der Waals surface area contributed by atoms with E-state index in [9.17, 15) is 13.2 Å². The van der Waals surface area contributed by atoms with Crippen molar-refractivity contribution in [2.45, 2.75) is 12.7 Å². The van der Waals surface area contributed by atoms with Crippen LogP contribution < -0.4 is 5.32 Å². The van der Waals surface area contributed by atoms with Gasteiger partial charge in [-0.3, -0.25) is 0 Å². The van der Waals surface area contributed by atoms with Crippen molar-refractivity contribution in [3.05, 3.63) is 48.2 Å². The van der Waals surface area contributed by atoms with Gasteiger partial charge in [0.05, 0.1) is 18.4 Å². The number of hydrogen-bond acceptors (Lipinski definition) is 5. The number of nitrogens with one attached hydrogen (secondary N) is 1. The molecule has 3 aromatic rings. The van der Waals surface area contributed by atoms with E-state index in [1.165, 1.54) is 0 Å². The Morgan fingerprint density at radius 1 is 1.05 bits per heavy atom. The minimum Gasteiger partial charge on any atom is -0.349 e. The molecule has 0 saturated heterocycles. The number of alkyl halides is 3. The molecule has 0 aliphatic heterocycles. The summed E-state index contributed by atoms with van der Waals surface area (Å²) >= 11 is 0. The van der Waals surface area contributed by atoms with Crippen molar-refractivity contribution in [3.63, 3.8) is 0 Å². The summed E-state index contributed by atoms with van der Waals surface area (Å²) in [4.78, 5) is 11.3. The highest BCUT2D eigenvalue weighted by atomic mass is 19.4. The molecule has 0 saturated carbocycles. The second kappa shape index (κ2) is 5.00. The molecule has 1 N–H and O–H groups in total. The first-order chi connectivity index (χ1) is 10.0. The smallest absolute Gasteiger partial charge is 0.349 e. The molecule has 0 radical (unpaired) electrons. The minimum atomic E-state index is -4.49. The zero-order valence-corrected chi connectivity index (χ0v) is 10.5. The van der Waals surface area contributed by atoms with Crippen molar-refractivity contribution in [1.82, 2.24) is 24.6 Å². The van der Waals surface area contributed by atoms with Gasteiger partial charge in [0.1, 0.15) is 5.69 Å². The third-order valence-electron chi connectivity index (χ3n) is 2.74. The van der Waals surface area contributed by atoms with Gasteiger partial charge in [-0.25, -0.2) is 19.5 Å². The second-order valence-electron chi connectivity index (χ2n) is 4.15. The van der Waals surface area contributed by atoms with Gasteiger partial charge in [-0.05, 0) is 12.1 Å². The summed E-state index contributed by atoms with van der Waals surface area (Å²) < 4.78 is 39.3. The molecule has 0 atom stereocenters. The van der Waals surface area contributed by atoms with Crippen LogP contribution in [0.1, 0.15) is 11.4 Å². The van der Waals surface area contributed by atoms with Crippen LogP contribution in [0.3, 0.4) is 0 Å². The van der Waals surface area contributed by atoms with Gasteiger partial charge >= 0.3 is 6.18 Å². The Kier molecular flexibility index (Phi) is 3.16. The fourth-order valence-electron chi connectivity index (χ4n) is 1.79. The third-order valence-corrected chi connectivity index (χ3v) is 2.74. The predicted octanol–water partition coefficient (Wildman–Crippen LogP) is 2.15. The molecule has 6 nitrogen and oxygen atoms in total. The fraction of sp³-hybridized carbons (Fsp3) is 0.167. The number of hydrogen-bond donors (Lipinski definition) is 1. The van der Waals surface area contributed by atoms with E-state index >= 15 is 0 Å². The number of nitrogens with zero attached hydrogens (tertiary/aromatic N) is 5. The van der Waals surface area contributed by atoms with E-state index in [1.807, 2.05) is 0 Å². The van der Waals surface area contributed by atoms with Crippen LogP contribution in [0.4, 0.5) is 19.1 Å². The van der Waals surface area contributed by atoms with Crippen molar-refractivity contribution in [2.75, 3.05) is 5.32 Å². The Labute approximate surface area is 116 Å². The third kappa shape index (κ3) is 2.76. The molecule has 0 bridgehead atoms. The Hall–Kier alpha value is -2.71. The fourth-order valence-corrected chi connectivity index (χ4v) is 1.79. The first kappa shape index (κ1) is 13.3. The summed E-state index contributed by atoms with van der Waals surface area (Å²) in [6.07, 6.45) is -0.243. The van der Waals surface area contributed by atoms with Gasteiger partial charge in [-0.15, -0.1) is 0 Å². The Morgan fingerprint density at radius 2 is 1.86 bits per heavy atom. The lowest BCUT2D eigenvalue weighted by atomic mass is 10.4. The van der Waals surface area contributed by atoms with E-state index in [0.29, 0.717) is 5.65 Å². The van der Waals surface area contributed by atoms with E-state index in [0.717, 1.165) is 18.0 Å². The van der Waals surface area contributed by atoms with Crippen LogP contribution in [0.25, 0.3) is 5.65 Å². The number of fused-ring (bicyclic) bond motifs is 1. The highest BCUT2D eigenvalue weighted by Gasteiger charge is 2.32. The summed E-state index contributed by atoms with van der Waals surface area (Å²) in [5.74, 6) is -0.0954. The average molecular weight is 294 g/mol. The molecule has 9 heteroatoms. The molecule has 3 rings (SSSR count). The maximum absolute atomic E-state index is 12.6. The molecule has 21 heavy (non-hydrogen) atoms. The monoisotopic (exact) mass is 294 g/mol. The zero-order chi connectivity index (χ0) is 14.9. The molecule has 0 aromatic carbocycles. The van der Waals surface area contributed by atoms with Crippen molar-refractivity contribution in [1.29, 1.82) is 0 Å². The van der Waals surface area contributed by atoms with E-state index in [1.54, 1.807) is 29.0 Å². The molecule has 0 aliphatic rings. The predicted molar refractivity (Wildman–Crippen MR) is 67.3 cm³/mol. The number of halogens is 3. The summed E-state index contributed by atoms with van der Waals surface area (Å²) in [6.45, 7) is 0.224. The Balaban J connectivity index is 1.80. The van der Waals surface area contributed by atoms with Crippen LogP contribution in [-0.2, 0) is 12.7 Å². The SMILES string of the molecule is FC(F)(F)c1ccnc(NCc2ccnc3ccnn23)n1. The molecule has 3 aromatic heterocycles. The van der Waals surface area contributed by atoms with Gasteiger partial charge < -0.3 is 5.32 Å². The lowest BCUT2D eigenvalue weighted by Gasteiger charge is -2.09. The van der Waals surface area contributed by atoms with Gasteiger partial charge in [-0.2, -0.15) is 18.3 Å². The number of anilines is 1. The van der Waals surface area contributed by atoms with Crippen LogP contribution in [0.2, 0.25) is 0 Å². The van der Waals surface area contributed by atoms with E-state index in [4.69, 9.17) is 0 Å². The van der Waals surface area contributed by atoms with Crippen molar-refractivity contribution >= 4 is 11.6 Å². The lowest BCUT2D eigenvalue weighted by Crippen LogP contribution is -2.12. The molecular formula is C12H9F3N6. The van der Waals surface area contributed by atoms with Gasteiger partial charge in [0.25, 0.3) is 0 Å². The van der Waals surface area contributed by atoms with Crippen LogP contribution in [0, 0.1) is 0 Å². The standard InChI is InChI=1S/C12H9F3N6/c13-12(14,15)9-2-5-17-11(20-9)18-7-8-1-4-16-10-3-6-19-21(8)10/h1-6H,7H2,(H,17,18,20). The van der Waals surface area contributed by atoms with E-state index in [-0.39, 0.29) is 12.5 Å². The van der Waals surface area contributed by atoms with E-state index < -0.39 is 11.9 Å². The Bertz CT molecular complexity index is 767. The molecule has 108 valence electrons. The molecule has 0 aliphatic carbocycles. The van der Waals surface area contributed by atoms with Crippen LogP contribution >= 0.6 is 0 Å². The topological polar surface area (TPSA) is 68.0 Å². The second-order valence-corrected chi connectivity index (χ2v) is 4.15. The normalized spacial score (nSPS) is 11.8. The molecule has 0 unspecified atom stereocenters. The summed E-state index contributed by atoms with van der Waals surface area (Å²) in [5, 5.41) is 6.83. The zero-order valence-electron chi connectivity index (χ0n) is 10.5. The number of aromatic nitrogens is 5. The first-order valence-electron chi connectivity index (χ1n) is 5.96.